The maximum absolute atomic E-state index is 12.4. The molecular weight excluding hydrogens is 221 g/mol. The number of hydrogen-bond acceptors (Lipinski definition) is 3. The first kappa shape index (κ1) is 13.8. The number of nitrogens with zero attached hydrogens (tertiary/aromatic N) is 1. The number of pyridine rings is 1. The van der Waals surface area contributed by atoms with Crippen LogP contribution in [-0.4, -0.2) is 23.5 Å². The molecule has 1 rings (SSSR count). The number of nitrogens with one attached hydrogen (secondary N) is 1. The molecule has 1 heterocycles. The number of rotatable bonds is 3. The number of carbonyl (C=O) groups excluding carboxylic acids is 1. The van der Waals surface area contributed by atoms with Crippen molar-refractivity contribution in [2.45, 2.75) is 13.0 Å². The smallest absolute Gasteiger partial charge is 0.252 e. The molecule has 0 fully saturated rings. The van der Waals surface area contributed by atoms with Gasteiger partial charge in [0.2, 0.25) is 5.95 Å². The van der Waals surface area contributed by atoms with Crippen molar-refractivity contribution in [1.82, 2.24) is 10.3 Å². The SMILES string of the molecule is CC(N)CNC(=O)c1ccc(F)nc1.Cl. The minimum absolute atomic E-state index is 0. The Morgan fingerprint density at radius 1 is 1.67 bits per heavy atom. The lowest BCUT2D eigenvalue weighted by Crippen LogP contribution is -2.35. The van der Waals surface area contributed by atoms with E-state index in [-0.39, 0.29) is 24.4 Å². The largest absolute Gasteiger partial charge is 0.350 e. The van der Waals surface area contributed by atoms with E-state index in [1.165, 1.54) is 12.3 Å². The van der Waals surface area contributed by atoms with Gasteiger partial charge in [-0.25, -0.2) is 4.98 Å². The number of amides is 1. The molecule has 1 atom stereocenters. The van der Waals surface area contributed by atoms with E-state index < -0.39 is 5.95 Å². The molecule has 0 aliphatic heterocycles. The number of carbonyl (C=O) groups is 1. The first-order valence-corrected chi connectivity index (χ1v) is 4.25. The second-order valence-electron chi connectivity index (χ2n) is 3.06. The lowest BCUT2D eigenvalue weighted by Gasteiger charge is -2.06. The molecule has 15 heavy (non-hydrogen) atoms. The Morgan fingerprint density at radius 2 is 2.33 bits per heavy atom. The van der Waals surface area contributed by atoms with Gasteiger partial charge in [-0.15, -0.1) is 12.4 Å². The van der Waals surface area contributed by atoms with Gasteiger partial charge in [-0.1, -0.05) is 0 Å². The summed E-state index contributed by atoms with van der Waals surface area (Å²) in [7, 11) is 0. The molecule has 0 spiro atoms. The van der Waals surface area contributed by atoms with E-state index in [1.807, 2.05) is 0 Å². The molecule has 1 aromatic heterocycles. The van der Waals surface area contributed by atoms with Crippen molar-refractivity contribution in [3.63, 3.8) is 0 Å². The first-order valence-electron chi connectivity index (χ1n) is 4.25. The monoisotopic (exact) mass is 233 g/mol. The molecular formula is C9H13ClFN3O. The predicted molar refractivity (Wildman–Crippen MR) is 57.4 cm³/mol. The van der Waals surface area contributed by atoms with Gasteiger partial charge in [0.25, 0.3) is 5.91 Å². The lowest BCUT2D eigenvalue weighted by molar-refractivity contribution is 0.0951. The second-order valence-corrected chi connectivity index (χ2v) is 3.06. The normalized spacial score (nSPS) is 11.4. The lowest BCUT2D eigenvalue weighted by atomic mass is 10.2. The highest BCUT2D eigenvalue weighted by Gasteiger charge is 2.05. The van der Waals surface area contributed by atoms with E-state index in [0.29, 0.717) is 12.1 Å². The molecule has 0 aromatic carbocycles. The van der Waals surface area contributed by atoms with Crippen molar-refractivity contribution in [3.8, 4) is 0 Å². The van der Waals surface area contributed by atoms with Crippen LogP contribution in [0, 0.1) is 5.95 Å². The van der Waals surface area contributed by atoms with Gasteiger partial charge in [-0.3, -0.25) is 4.79 Å². The average molecular weight is 234 g/mol. The van der Waals surface area contributed by atoms with Gasteiger partial charge in [0.1, 0.15) is 0 Å². The molecule has 4 nitrogen and oxygen atoms in total. The second kappa shape index (κ2) is 6.31. The zero-order valence-electron chi connectivity index (χ0n) is 8.24. The minimum Gasteiger partial charge on any atom is -0.350 e. The van der Waals surface area contributed by atoms with Crippen molar-refractivity contribution < 1.29 is 9.18 Å². The topological polar surface area (TPSA) is 68.0 Å². The summed E-state index contributed by atoms with van der Waals surface area (Å²) in [5.41, 5.74) is 5.78. The van der Waals surface area contributed by atoms with E-state index in [2.05, 4.69) is 10.3 Å². The van der Waals surface area contributed by atoms with Crippen LogP contribution >= 0.6 is 12.4 Å². The van der Waals surface area contributed by atoms with Gasteiger partial charge in [0, 0.05) is 18.8 Å². The molecule has 0 saturated carbocycles. The molecule has 1 aromatic rings. The summed E-state index contributed by atoms with van der Waals surface area (Å²) in [6, 6.07) is 2.41. The van der Waals surface area contributed by atoms with Gasteiger partial charge in [-0.2, -0.15) is 4.39 Å². The Labute approximate surface area is 93.5 Å². The molecule has 6 heteroatoms. The molecule has 0 radical (unpaired) electrons. The number of halogens is 2. The highest BCUT2D eigenvalue weighted by Crippen LogP contribution is 1.98. The molecule has 1 amide bonds. The zero-order chi connectivity index (χ0) is 10.6. The van der Waals surface area contributed by atoms with Crippen LogP contribution < -0.4 is 11.1 Å². The summed E-state index contributed by atoms with van der Waals surface area (Å²) in [6.07, 6.45) is 1.19. The van der Waals surface area contributed by atoms with Crippen LogP contribution in [0.4, 0.5) is 4.39 Å². The van der Waals surface area contributed by atoms with Crippen molar-refractivity contribution in [1.29, 1.82) is 0 Å². The van der Waals surface area contributed by atoms with Gasteiger partial charge in [-0.05, 0) is 19.1 Å². The number of hydrogen-bond donors (Lipinski definition) is 2. The van der Waals surface area contributed by atoms with Gasteiger partial charge in [0.05, 0.1) is 5.56 Å². The fourth-order valence-corrected chi connectivity index (χ4v) is 0.866. The molecule has 0 bridgehead atoms. The fourth-order valence-electron chi connectivity index (χ4n) is 0.866. The van der Waals surface area contributed by atoms with E-state index in [1.54, 1.807) is 6.92 Å². The van der Waals surface area contributed by atoms with Gasteiger partial charge in [0.15, 0.2) is 0 Å². The summed E-state index contributed by atoms with van der Waals surface area (Å²) in [4.78, 5) is 14.7. The fraction of sp³-hybridized carbons (Fsp3) is 0.333. The van der Waals surface area contributed by atoms with Crippen LogP contribution in [0.15, 0.2) is 18.3 Å². The van der Waals surface area contributed by atoms with Crippen LogP contribution in [0.25, 0.3) is 0 Å². The van der Waals surface area contributed by atoms with E-state index in [9.17, 15) is 9.18 Å². The molecule has 0 saturated heterocycles. The standard InChI is InChI=1S/C9H12FN3O.ClH/c1-6(11)4-13-9(14)7-2-3-8(10)12-5-7;/h2-3,5-6H,4,11H2,1H3,(H,13,14);1H. The summed E-state index contributed by atoms with van der Waals surface area (Å²) in [6.45, 7) is 2.17. The highest BCUT2D eigenvalue weighted by molar-refractivity contribution is 5.93. The van der Waals surface area contributed by atoms with Crippen molar-refractivity contribution in [3.05, 3.63) is 29.8 Å². The van der Waals surface area contributed by atoms with Crippen LogP contribution in [0.3, 0.4) is 0 Å². The number of aromatic nitrogens is 1. The van der Waals surface area contributed by atoms with Crippen molar-refractivity contribution in [2.75, 3.05) is 6.54 Å². The molecule has 3 N–H and O–H groups in total. The van der Waals surface area contributed by atoms with Crippen LogP contribution in [-0.2, 0) is 0 Å². The first-order chi connectivity index (χ1) is 6.59. The maximum atomic E-state index is 12.4. The van der Waals surface area contributed by atoms with E-state index >= 15 is 0 Å². The van der Waals surface area contributed by atoms with E-state index in [0.717, 1.165) is 6.07 Å². The Balaban J connectivity index is 0.00000196. The minimum atomic E-state index is -0.603. The third kappa shape index (κ3) is 4.71. The predicted octanol–water partition coefficient (Wildman–Crippen LogP) is 0.719. The van der Waals surface area contributed by atoms with Crippen molar-refractivity contribution >= 4 is 18.3 Å². The Morgan fingerprint density at radius 3 is 2.80 bits per heavy atom. The summed E-state index contributed by atoms with van der Waals surface area (Å²) >= 11 is 0. The summed E-state index contributed by atoms with van der Waals surface area (Å²) in [5, 5.41) is 2.59. The van der Waals surface area contributed by atoms with Gasteiger partial charge >= 0.3 is 0 Å². The van der Waals surface area contributed by atoms with Crippen LogP contribution in [0.5, 0.6) is 0 Å². The Kier molecular flexibility index (Phi) is 5.81. The molecule has 1 unspecified atom stereocenters. The molecule has 84 valence electrons. The Bertz CT molecular complexity index is 316. The third-order valence-electron chi connectivity index (χ3n) is 1.57. The third-order valence-corrected chi connectivity index (χ3v) is 1.57. The number of nitrogens with two attached hydrogens (primary N) is 1. The zero-order valence-corrected chi connectivity index (χ0v) is 9.05. The molecule has 0 aliphatic carbocycles. The average Bonchev–Trinajstić information content (AvgIpc) is 2.15. The summed E-state index contributed by atoms with van der Waals surface area (Å²) in [5.74, 6) is -0.899. The van der Waals surface area contributed by atoms with Gasteiger partial charge < -0.3 is 11.1 Å². The van der Waals surface area contributed by atoms with Crippen LogP contribution in [0.2, 0.25) is 0 Å². The highest BCUT2D eigenvalue weighted by atomic mass is 35.5. The Hall–Kier alpha value is -1.20. The molecule has 0 aliphatic rings. The quantitative estimate of drug-likeness (QED) is 0.756. The van der Waals surface area contributed by atoms with Crippen LogP contribution in [0.1, 0.15) is 17.3 Å². The maximum Gasteiger partial charge on any atom is 0.252 e. The van der Waals surface area contributed by atoms with Crippen molar-refractivity contribution in [2.24, 2.45) is 5.73 Å². The summed E-state index contributed by atoms with van der Waals surface area (Å²) < 4.78 is 12.4. The van der Waals surface area contributed by atoms with E-state index in [4.69, 9.17) is 5.73 Å².